The molecule has 0 saturated heterocycles. The number of nitrogens with zero attached hydrogens (tertiary/aromatic N) is 2. The molecule has 0 aliphatic heterocycles. The Bertz CT molecular complexity index is 885. The van der Waals surface area contributed by atoms with Crippen molar-refractivity contribution in [3.05, 3.63) is 39.4 Å². The second kappa shape index (κ2) is 11.1. The number of amides is 1. The van der Waals surface area contributed by atoms with Crippen molar-refractivity contribution < 1.29 is 66.1 Å². The first kappa shape index (κ1) is 24.1. The van der Waals surface area contributed by atoms with E-state index in [1.165, 1.54) is 6.92 Å². The third-order valence-corrected chi connectivity index (χ3v) is 4.08. The molecule has 0 saturated carbocycles. The van der Waals surface area contributed by atoms with Crippen molar-refractivity contribution >= 4 is 47.9 Å². The van der Waals surface area contributed by atoms with Crippen LogP contribution in [0.2, 0.25) is 0 Å². The summed E-state index contributed by atoms with van der Waals surface area (Å²) in [4.78, 5) is 34.3. The number of aliphatic carboxylic acids is 1. The first-order valence-corrected chi connectivity index (χ1v) is 8.62. The van der Waals surface area contributed by atoms with Gasteiger partial charge in [-0.1, -0.05) is 17.7 Å². The maximum atomic E-state index is 12.2. The summed E-state index contributed by atoms with van der Waals surface area (Å²) in [6.07, 6.45) is 0.0408. The smallest absolute Gasteiger partial charge is 0.548 e. The first-order chi connectivity index (χ1) is 12.3. The molecule has 1 heterocycles. The zero-order valence-corrected chi connectivity index (χ0v) is 20.0. The maximum absolute atomic E-state index is 12.2. The Morgan fingerprint density at radius 1 is 1.26 bits per heavy atom. The summed E-state index contributed by atoms with van der Waals surface area (Å²) < 4.78 is 0.392. The summed E-state index contributed by atoms with van der Waals surface area (Å²) >= 11 is 9.83. The molecule has 1 amide bonds. The molecule has 3 N–H and O–H groups in total. The molecule has 0 spiro atoms. The Balaban J connectivity index is 0.00000364. The number of anilines is 2. The minimum Gasteiger partial charge on any atom is -0.548 e. The van der Waals surface area contributed by atoms with Crippen LogP contribution in [0.4, 0.5) is 11.6 Å². The molecule has 0 radical (unpaired) electrons. The summed E-state index contributed by atoms with van der Waals surface area (Å²) in [6, 6.07) is 6.48. The molecule has 0 fully saturated rings. The van der Waals surface area contributed by atoms with Gasteiger partial charge in [-0.2, -0.15) is 4.98 Å². The van der Waals surface area contributed by atoms with E-state index in [1.54, 1.807) is 4.90 Å². The second-order valence-electron chi connectivity index (χ2n) is 5.67. The fraction of sp³-hybridized carbons (Fsp3) is 0.312. The summed E-state index contributed by atoms with van der Waals surface area (Å²) in [5.74, 6) is -1.43. The number of carboxylic acid groups (broad SMARTS) is 1. The quantitative estimate of drug-likeness (QED) is 0.360. The fourth-order valence-corrected chi connectivity index (χ4v) is 2.73. The van der Waals surface area contributed by atoms with E-state index in [-0.39, 0.29) is 85.7 Å². The van der Waals surface area contributed by atoms with Gasteiger partial charge in [-0.25, -0.2) is 0 Å². The molecule has 1 atom stereocenters. The Hall–Kier alpha value is -0.954. The number of hydrogen-bond donors (Lipinski definition) is 3. The van der Waals surface area contributed by atoms with Crippen LogP contribution < -0.4 is 66.7 Å². The van der Waals surface area contributed by atoms with Crippen molar-refractivity contribution in [3.8, 4) is 0 Å². The average molecular weight is 432 g/mol. The number of aromatic nitrogens is 3. The largest absolute Gasteiger partial charge is 1.00 e. The number of aryl methyl sites for hydroxylation is 1. The predicted molar refractivity (Wildman–Crippen MR) is 101 cm³/mol. The third-order valence-electron chi connectivity index (χ3n) is 3.68. The number of H-pyrrole nitrogens is 2. The molecule has 1 aromatic heterocycles. The van der Waals surface area contributed by atoms with Gasteiger partial charge in [0.15, 0.2) is 4.77 Å². The van der Waals surface area contributed by atoms with E-state index >= 15 is 0 Å². The molecule has 8 nitrogen and oxygen atoms in total. The summed E-state index contributed by atoms with van der Waals surface area (Å²) in [7, 11) is 0. The molecule has 1 aromatic carbocycles. The van der Waals surface area contributed by atoms with Gasteiger partial charge in [0, 0.05) is 18.7 Å². The summed E-state index contributed by atoms with van der Waals surface area (Å²) in [5.41, 5.74) is 1.74. The van der Waals surface area contributed by atoms with Crippen LogP contribution in [-0.2, 0) is 9.59 Å². The van der Waals surface area contributed by atoms with Crippen LogP contribution in [0, 0.1) is 16.5 Å². The van der Waals surface area contributed by atoms with Crippen molar-refractivity contribution in [1.29, 1.82) is 0 Å². The van der Waals surface area contributed by atoms with E-state index in [1.807, 2.05) is 31.2 Å². The molecule has 0 aliphatic carbocycles. The van der Waals surface area contributed by atoms with Gasteiger partial charge in [0.1, 0.15) is 0 Å². The molecular weight excluding hydrogens is 413 g/mol. The number of nitrogens with one attached hydrogen (secondary N) is 3. The van der Waals surface area contributed by atoms with Crippen LogP contribution in [0.1, 0.15) is 18.9 Å². The molecule has 27 heavy (non-hydrogen) atoms. The minimum atomic E-state index is -1.22. The molecular formula is C16H18KN5O3S2. The van der Waals surface area contributed by atoms with Crippen LogP contribution in [0.3, 0.4) is 0 Å². The first-order valence-electron chi connectivity index (χ1n) is 7.81. The van der Waals surface area contributed by atoms with Crippen molar-refractivity contribution in [2.45, 2.75) is 26.3 Å². The van der Waals surface area contributed by atoms with Crippen molar-refractivity contribution in [2.75, 3.05) is 16.8 Å². The van der Waals surface area contributed by atoms with Gasteiger partial charge < -0.3 is 24.8 Å². The van der Waals surface area contributed by atoms with Crippen LogP contribution in [0.25, 0.3) is 0 Å². The molecule has 0 aliphatic rings. The van der Waals surface area contributed by atoms with Crippen molar-refractivity contribution in [2.24, 2.45) is 0 Å². The summed E-state index contributed by atoms with van der Waals surface area (Å²) in [6.45, 7) is 3.64. The number of carboxylic acids is 1. The molecule has 1 unspecified atom stereocenters. The number of benzene rings is 1. The van der Waals surface area contributed by atoms with Crippen LogP contribution >= 0.6 is 24.4 Å². The summed E-state index contributed by atoms with van der Waals surface area (Å²) in [5, 5.41) is 13.9. The van der Waals surface area contributed by atoms with Gasteiger partial charge in [-0.15, -0.1) is 0 Å². The number of hydrogen-bond acceptors (Lipinski definition) is 7. The molecule has 138 valence electrons. The van der Waals surface area contributed by atoms with Crippen LogP contribution in [-0.4, -0.2) is 39.4 Å². The number of aromatic amines is 2. The third kappa shape index (κ3) is 7.52. The molecule has 2 aromatic rings. The van der Waals surface area contributed by atoms with Gasteiger partial charge in [0.2, 0.25) is 16.6 Å². The molecule has 2 rings (SSSR count). The Labute approximate surface area is 209 Å². The van der Waals surface area contributed by atoms with E-state index in [0.717, 1.165) is 5.56 Å². The zero-order valence-electron chi connectivity index (χ0n) is 15.2. The van der Waals surface area contributed by atoms with Crippen molar-refractivity contribution in [3.63, 3.8) is 0 Å². The maximum Gasteiger partial charge on any atom is 1.00 e. The minimum absolute atomic E-state index is 0. The van der Waals surface area contributed by atoms with Gasteiger partial charge in [0.25, 0.3) is 0 Å². The standard InChI is InChI=1S/C16H19N5O3S2.K/c1-9-3-5-11(6-4-9)21(10(2)13(23)24)8-7-12(22)17-14-18-15(25)20-16(26)19-14;/h3-6,10H,7-8H2,1-2H3,(H,23,24)(H3,17,18,19,20,22,25,26);/q;+1/p-1. The monoisotopic (exact) mass is 431 g/mol. The van der Waals surface area contributed by atoms with Crippen LogP contribution in [0.15, 0.2) is 24.3 Å². The average Bonchev–Trinajstić information content (AvgIpc) is 2.55. The van der Waals surface area contributed by atoms with E-state index in [0.29, 0.717) is 5.69 Å². The van der Waals surface area contributed by atoms with E-state index in [2.05, 4.69) is 20.3 Å². The topological polar surface area (TPSA) is 117 Å². The van der Waals surface area contributed by atoms with Crippen LogP contribution in [0.5, 0.6) is 0 Å². The molecule has 11 heteroatoms. The number of carbonyl (C=O) groups is 2. The zero-order chi connectivity index (χ0) is 19.3. The number of rotatable bonds is 7. The van der Waals surface area contributed by atoms with Crippen molar-refractivity contribution in [1.82, 2.24) is 15.0 Å². The SMILES string of the molecule is Cc1ccc(N(CCC(=O)Nc2nc(=S)[nH]c(=S)[nH]2)C(C)C(=O)[O-])cc1.[K+]. The van der Waals surface area contributed by atoms with E-state index in [4.69, 9.17) is 24.4 Å². The normalized spacial score (nSPS) is 11.2. The Morgan fingerprint density at radius 2 is 1.89 bits per heavy atom. The number of carbonyl (C=O) groups excluding carboxylic acids is 2. The van der Waals surface area contributed by atoms with Gasteiger partial charge >= 0.3 is 51.4 Å². The second-order valence-corrected chi connectivity index (χ2v) is 6.46. The van der Waals surface area contributed by atoms with Gasteiger partial charge in [0.05, 0.1) is 12.0 Å². The Morgan fingerprint density at radius 3 is 2.44 bits per heavy atom. The van der Waals surface area contributed by atoms with Gasteiger partial charge in [-0.05, 0) is 50.4 Å². The Kier molecular flexibility index (Phi) is 9.94. The molecule has 0 bridgehead atoms. The van der Waals surface area contributed by atoms with E-state index < -0.39 is 12.0 Å². The predicted octanol–water partition coefficient (Wildman–Crippen LogP) is -1.52. The fourth-order valence-electron chi connectivity index (χ4n) is 2.28. The van der Waals surface area contributed by atoms with E-state index in [9.17, 15) is 14.7 Å². The van der Waals surface area contributed by atoms with Gasteiger partial charge in [-0.3, -0.25) is 10.1 Å².